The van der Waals surface area contributed by atoms with Gasteiger partial charge in [0.1, 0.15) is 5.82 Å². The summed E-state index contributed by atoms with van der Waals surface area (Å²) >= 11 is 1.66. The molecular weight excluding hydrogens is 308 g/mol. The Labute approximate surface area is 138 Å². The van der Waals surface area contributed by atoms with Crippen molar-refractivity contribution in [2.24, 2.45) is 0 Å². The Balaban J connectivity index is 1.69. The van der Waals surface area contributed by atoms with E-state index in [-0.39, 0.29) is 5.91 Å². The van der Waals surface area contributed by atoms with Crippen LogP contribution in [0.2, 0.25) is 0 Å². The Bertz CT molecular complexity index is 800. The zero-order valence-corrected chi connectivity index (χ0v) is 13.5. The Hall–Kier alpha value is -2.53. The molecule has 23 heavy (non-hydrogen) atoms. The highest BCUT2D eigenvalue weighted by molar-refractivity contribution is 7.98. The van der Waals surface area contributed by atoms with Crippen LogP contribution in [0.1, 0.15) is 21.8 Å². The number of aromatic nitrogens is 1. The second-order valence-corrected chi connectivity index (χ2v) is 6.04. The first-order valence-electron chi connectivity index (χ1n) is 7.21. The van der Waals surface area contributed by atoms with Crippen LogP contribution < -0.4 is 5.32 Å². The molecule has 0 atom stereocenters. The quantitative estimate of drug-likeness (QED) is 0.701. The van der Waals surface area contributed by atoms with Gasteiger partial charge in [0, 0.05) is 21.9 Å². The van der Waals surface area contributed by atoms with Crippen LogP contribution in [0.25, 0.3) is 0 Å². The number of carbonyl (C=O) groups is 1. The number of hydrogen-bond donors (Lipinski definition) is 1. The number of amides is 1. The number of pyridine rings is 1. The first kappa shape index (κ1) is 15.4. The second-order valence-electron chi connectivity index (χ2n) is 5.00. The number of aryl methyl sites for hydroxylation is 1. The van der Waals surface area contributed by atoms with Crippen molar-refractivity contribution in [1.29, 1.82) is 0 Å². The minimum absolute atomic E-state index is 0.281. The van der Waals surface area contributed by atoms with E-state index in [2.05, 4.69) is 10.3 Å². The van der Waals surface area contributed by atoms with Gasteiger partial charge in [0.25, 0.3) is 5.91 Å². The van der Waals surface area contributed by atoms with Gasteiger partial charge >= 0.3 is 0 Å². The molecule has 0 spiro atoms. The third-order valence-electron chi connectivity index (χ3n) is 3.22. The highest BCUT2D eigenvalue weighted by atomic mass is 32.2. The maximum absolute atomic E-state index is 12.4. The fraction of sp³-hybridized carbons (Fsp3) is 0.111. The molecule has 4 nitrogen and oxygen atoms in total. The molecule has 0 aliphatic carbocycles. The number of anilines is 1. The molecule has 0 unspecified atom stereocenters. The highest BCUT2D eigenvalue weighted by Gasteiger charge is 2.16. The molecule has 2 heterocycles. The predicted octanol–water partition coefficient (Wildman–Crippen LogP) is 4.53. The molecule has 0 aliphatic heterocycles. The van der Waals surface area contributed by atoms with E-state index in [1.165, 1.54) is 0 Å². The maximum Gasteiger partial charge on any atom is 0.292 e. The van der Waals surface area contributed by atoms with Gasteiger partial charge in [0.2, 0.25) is 0 Å². The number of hydrogen-bond acceptors (Lipinski definition) is 4. The summed E-state index contributed by atoms with van der Waals surface area (Å²) in [5.41, 5.74) is 1.71. The molecule has 0 fully saturated rings. The molecule has 1 N–H and O–H groups in total. The van der Waals surface area contributed by atoms with E-state index in [0.717, 1.165) is 16.2 Å². The van der Waals surface area contributed by atoms with E-state index in [1.807, 2.05) is 55.5 Å². The molecule has 2 aromatic heterocycles. The SMILES string of the molecule is Cc1cccc(NC(=O)c2occc2CSc2ccccc2)n1. The van der Waals surface area contributed by atoms with Gasteiger partial charge in [-0.1, -0.05) is 24.3 Å². The largest absolute Gasteiger partial charge is 0.459 e. The molecule has 0 radical (unpaired) electrons. The van der Waals surface area contributed by atoms with Crippen molar-refractivity contribution in [2.45, 2.75) is 17.6 Å². The summed E-state index contributed by atoms with van der Waals surface area (Å²) in [6.45, 7) is 1.88. The van der Waals surface area contributed by atoms with Crippen LogP contribution in [0.4, 0.5) is 5.82 Å². The van der Waals surface area contributed by atoms with Gasteiger partial charge in [0.05, 0.1) is 6.26 Å². The minimum atomic E-state index is -0.281. The Morgan fingerprint density at radius 3 is 2.74 bits per heavy atom. The van der Waals surface area contributed by atoms with Crippen LogP contribution in [0.3, 0.4) is 0 Å². The van der Waals surface area contributed by atoms with Crippen LogP contribution in [-0.4, -0.2) is 10.9 Å². The Morgan fingerprint density at radius 1 is 1.13 bits per heavy atom. The number of carbonyl (C=O) groups excluding carboxylic acids is 1. The minimum Gasteiger partial charge on any atom is -0.459 e. The monoisotopic (exact) mass is 324 g/mol. The number of furan rings is 1. The van der Waals surface area contributed by atoms with Crippen LogP contribution in [0, 0.1) is 6.92 Å². The number of nitrogens with one attached hydrogen (secondary N) is 1. The van der Waals surface area contributed by atoms with Gasteiger partial charge in [-0.15, -0.1) is 11.8 Å². The summed E-state index contributed by atoms with van der Waals surface area (Å²) in [4.78, 5) is 17.8. The Kier molecular flexibility index (Phi) is 4.78. The third-order valence-corrected chi connectivity index (χ3v) is 4.28. The molecule has 0 saturated heterocycles. The van der Waals surface area contributed by atoms with Crippen molar-refractivity contribution >= 4 is 23.5 Å². The smallest absolute Gasteiger partial charge is 0.292 e. The second kappa shape index (κ2) is 7.15. The summed E-state index contributed by atoms with van der Waals surface area (Å²) in [6.07, 6.45) is 1.54. The van der Waals surface area contributed by atoms with E-state index >= 15 is 0 Å². The van der Waals surface area contributed by atoms with E-state index in [0.29, 0.717) is 17.3 Å². The summed E-state index contributed by atoms with van der Waals surface area (Å²) in [5, 5.41) is 2.77. The average Bonchev–Trinajstić information content (AvgIpc) is 3.02. The number of rotatable bonds is 5. The van der Waals surface area contributed by atoms with E-state index < -0.39 is 0 Å². The average molecular weight is 324 g/mol. The van der Waals surface area contributed by atoms with Crippen molar-refractivity contribution in [3.05, 3.63) is 77.9 Å². The lowest BCUT2D eigenvalue weighted by Gasteiger charge is -2.05. The first-order chi connectivity index (χ1) is 11.2. The predicted molar refractivity (Wildman–Crippen MR) is 91.6 cm³/mol. The van der Waals surface area contributed by atoms with E-state index in [4.69, 9.17) is 4.42 Å². The summed E-state index contributed by atoms with van der Waals surface area (Å²) < 4.78 is 5.36. The highest BCUT2D eigenvalue weighted by Crippen LogP contribution is 2.25. The summed E-state index contributed by atoms with van der Waals surface area (Å²) in [7, 11) is 0. The van der Waals surface area contributed by atoms with Crippen molar-refractivity contribution < 1.29 is 9.21 Å². The lowest BCUT2D eigenvalue weighted by atomic mass is 10.2. The standard InChI is InChI=1S/C18H16N2O2S/c1-13-6-5-9-16(19-13)20-18(21)17-14(10-11-22-17)12-23-15-7-3-2-4-8-15/h2-11H,12H2,1H3,(H,19,20,21). The molecule has 1 amide bonds. The molecule has 116 valence electrons. The molecule has 5 heteroatoms. The van der Waals surface area contributed by atoms with Gasteiger partial charge in [-0.25, -0.2) is 4.98 Å². The van der Waals surface area contributed by atoms with Gasteiger partial charge in [-0.05, 0) is 37.3 Å². The zero-order chi connectivity index (χ0) is 16.1. The Morgan fingerprint density at radius 2 is 1.96 bits per heavy atom. The van der Waals surface area contributed by atoms with Crippen LogP contribution >= 0.6 is 11.8 Å². The van der Waals surface area contributed by atoms with E-state index in [1.54, 1.807) is 24.1 Å². The molecule has 0 aliphatic rings. The molecule has 1 aromatic carbocycles. The summed E-state index contributed by atoms with van der Waals surface area (Å²) in [5.74, 6) is 1.24. The normalized spacial score (nSPS) is 10.5. The van der Waals surface area contributed by atoms with Crippen molar-refractivity contribution in [2.75, 3.05) is 5.32 Å². The number of thioether (sulfide) groups is 1. The third kappa shape index (κ3) is 4.02. The number of benzene rings is 1. The maximum atomic E-state index is 12.4. The molecular formula is C18H16N2O2S. The van der Waals surface area contributed by atoms with Crippen molar-refractivity contribution in [1.82, 2.24) is 4.98 Å². The van der Waals surface area contributed by atoms with Crippen molar-refractivity contribution in [3.8, 4) is 0 Å². The molecule has 0 saturated carbocycles. The van der Waals surface area contributed by atoms with Gasteiger partial charge in [0.15, 0.2) is 5.76 Å². The lowest BCUT2D eigenvalue weighted by molar-refractivity contribution is 0.0995. The van der Waals surface area contributed by atoms with Crippen molar-refractivity contribution in [3.63, 3.8) is 0 Å². The topological polar surface area (TPSA) is 55.1 Å². The first-order valence-corrected chi connectivity index (χ1v) is 8.20. The van der Waals surface area contributed by atoms with Gasteiger partial charge in [-0.3, -0.25) is 4.79 Å². The molecule has 3 aromatic rings. The lowest BCUT2D eigenvalue weighted by Crippen LogP contribution is -2.13. The molecule has 0 bridgehead atoms. The van der Waals surface area contributed by atoms with Gasteiger partial charge in [-0.2, -0.15) is 0 Å². The van der Waals surface area contributed by atoms with Crippen LogP contribution in [0.5, 0.6) is 0 Å². The van der Waals surface area contributed by atoms with Crippen LogP contribution in [0.15, 0.2) is 70.2 Å². The zero-order valence-electron chi connectivity index (χ0n) is 12.7. The fourth-order valence-corrected chi connectivity index (χ4v) is 3.01. The molecule has 3 rings (SSSR count). The van der Waals surface area contributed by atoms with E-state index in [9.17, 15) is 4.79 Å². The fourth-order valence-electron chi connectivity index (χ4n) is 2.11. The van der Waals surface area contributed by atoms with Crippen LogP contribution in [-0.2, 0) is 5.75 Å². The summed E-state index contributed by atoms with van der Waals surface area (Å²) in [6, 6.07) is 17.4. The van der Waals surface area contributed by atoms with Gasteiger partial charge < -0.3 is 9.73 Å². The number of nitrogens with zero attached hydrogens (tertiary/aromatic N) is 1.